The van der Waals surface area contributed by atoms with E-state index in [1.807, 2.05) is 11.4 Å². The summed E-state index contributed by atoms with van der Waals surface area (Å²) in [6.45, 7) is 2.98. The fourth-order valence-corrected chi connectivity index (χ4v) is 3.84. The predicted octanol–water partition coefficient (Wildman–Crippen LogP) is 3.21. The van der Waals surface area contributed by atoms with Crippen LogP contribution in [0.5, 0.6) is 0 Å². The zero-order valence-corrected chi connectivity index (χ0v) is 14.5. The first-order chi connectivity index (χ1) is 11.6. The highest BCUT2D eigenvalue weighted by Gasteiger charge is 2.29. The van der Waals surface area contributed by atoms with E-state index in [1.54, 1.807) is 42.2 Å². The minimum absolute atomic E-state index is 0.0999. The normalized spacial score (nSPS) is 19.1. The molecule has 2 aromatic rings. The van der Waals surface area contributed by atoms with E-state index in [2.05, 4.69) is 0 Å². The molecule has 0 spiro atoms. The Morgan fingerprint density at radius 3 is 2.62 bits per heavy atom. The van der Waals surface area contributed by atoms with E-state index in [9.17, 15) is 14.7 Å². The summed E-state index contributed by atoms with van der Waals surface area (Å²) in [7, 11) is 0. The van der Waals surface area contributed by atoms with E-state index in [0.29, 0.717) is 29.1 Å². The van der Waals surface area contributed by atoms with Gasteiger partial charge in [-0.25, -0.2) is 0 Å². The van der Waals surface area contributed by atoms with Crippen LogP contribution in [0.1, 0.15) is 45.4 Å². The molecule has 2 unspecified atom stereocenters. The van der Waals surface area contributed by atoms with Crippen LogP contribution in [-0.2, 0) is 0 Å². The van der Waals surface area contributed by atoms with Gasteiger partial charge in [-0.05, 0) is 37.3 Å². The number of nitrogens with zero attached hydrogens (tertiary/aromatic N) is 1. The summed E-state index contributed by atoms with van der Waals surface area (Å²) >= 11 is 1.38. The number of benzene rings is 1. The highest BCUT2D eigenvalue weighted by Crippen LogP contribution is 2.24. The molecule has 1 aliphatic rings. The van der Waals surface area contributed by atoms with Gasteiger partial charge in [-0.3, -0.25) is 9.59 Å². The SMILES string of the molecule is CC(O)C1CCCN(C(=O)c2ccccc2C(=O)c2cccs2)C1. The first kappa shape index (κ1) is 16.9. The maximum atomic E-state index is 13.0. The van der Waals surface area contributed by atoms with E-state index < -0.39 is 6.10 Å². The topological polar surface area (TPSA) is 57.6 Å². The number of amides is 1. The number of carbonyl (C=O) groups excluding carboxylic acids is 2. The van der Waals surface area contributed by atoms with E-state index in [0.717, 1.165) is 12.8 Å². The van der Waals surface area contributed by atoms with Crippen molar-refractivity contribution in [2.75, 3.05) is 13.1 Å². The minimum Gasteiger partial charge on any atom is -0.393 e. The zero-order chi connectivity index (χ0) is 17.1. The Bertz CT molecular complexity index is 724. The quantitative estimate of drug-likeness (QED) is 0.867. The van der Waals surface area contributed by atoms with Gasteiger partial charge in [0.05, 0.1) is 16.5 Å². The summed E-state index contributed by atoms with van der Waals surface area (Å²) in [5, 5.41) is 11.7. The Kier molecular flexibility index (Phi) is 5.11. The van der Waals surface area contributed by atoms with Crippen molar-refractivity contribution in [2.45, 2.75) is 25.9 Å². The molecule has 1 aromatic heterocycles. The molecule has 1 fully saturated rings. The van der Waals surface area contributed by atoms with Crippen molar-refractivity contribution in [1.82, 2.24) is 4.90 Å². The van der Waals surface area contributed by atoms with Crippen molar-refractivity contribution < 1.29 is 14.7 Å². The lowest BCUT2D eigenvalue weighted by atomic mass is 9.92. The molecule has 0 bridgehead atoms. The van der Waals surface area contributed by atoms with Gasteiger partial charge in [0.25, 0.3) is 5.91 Å². The second kappa shape index (κ2) is 7.28. The van der Waals surface area contributed by atoms with Crippen molar-refractivity contribution in [3.63, 3.8) is 0 Å². The number of hydrogen-bond donors (Lipinski definition) is 1. The molecule has 3 rings (SSSR count). The maximum Gasteiger partial charge on any atom is 0.254 e. The maximum absolute atomic E-state index is 13.0. The fourth-order valence-electron chi connectivity index (χ4n) is 3.17. The third-order valence-corrected chi connectivity index (χ3v) is 5.44. The highest BCUT2D eigenvalue weighted by molar-refractivity contribution is 7.12. The second-order valence-electron chi connectivity index (χ2n) is 6.25. The summed E-state index contributed by atoms with van der Waals surface area (Å²) in [5.74, 6) is -0.137. The van der Waals surface area contributed by atoms with Crippen LogP contribution in [-0.4, -0.2) is 40.9 Å². The molecule has 2 heterocycles. The van der Waals surface area contributed by atoms with Crippen LogP contribution in [0, 0.1) is 5.92 Å². The smallest absolute Gasteiger partial charge is 0.254 e. The number of carbonyl (C=O) groups is 2. The Morgan fingerprint density at radius 1 is 1.21 bits per heavy atom. The molecule has 0 aliphatic carbocycles. The molecule has 1 aliphatic heterocycles. The van der Waals surface area contributed by atoms with E-state index in [1.165, 1.54) is 11.3 Å². The molecular weight excluding hydrogens is 322 g/mol. The molecule has 1 amide bonds. The van der Waals surface area contributed by atoms with Crippen molar-refractivity contribution in [3.8, 4) is 0 Å². The lowest BCUT2D eigenvalue weighted by molar-refractivity contribution is 0.0464. The van der Waals surface area contributed by atoms with Crippen LogP contribution in [0.3, 0.4) is 0 Å². The monoisotopic (exact) mass is 343 g/mol. The molecule has 4 nitrogen and oxygen atoms in total. The van der Waals surface area contributed by atoms with E-state index in [4.69, 9.17) is 0 Å². The molecule has 1 saturated heterocycles. The molecular formula is C19H21NO3S. The molecule has 24 heavy (non-hydrogen) atoms. The first-order valence-electron chi connectivity index (χ1n) is 8.22. The van der Waals surface area contributed by atoms with Gasteiger partial charge in [0.15, 0.2) is 0 Å². The molecule has 0 radical (unpaired) electrons. The second-order valence-corrected chi connectivity index (χ2v) is 7.19. The lowest BCUT2D eigenvalue weighted by Crippen LogP contribution is -2.43. The van der Waals surface area contributed by atoms with Crippen molar-refractivity contribution in [3.05, 3.63) is 57.8 Å². The van der Waals surface area contributed by atoms with Gasteiger partial charge in [0.2, 0.25) is 5.78 Å². The summed E-state index contributed by atoms with van der Waals surface area (Å²) in [6.07, 6.45) is 1.38. The summed E-state index contributed by atoms with van der Waals surface area (Å²) in [6, 6.07) is 10.6. The minimum atomic E-state index is -0.427. The number of ketones is 1. The first-order valence-corrected chi connectivity index (χ1v) is 9.10. The number of likely N-dealkylation sites (tertiary alicyclic amines) is 1. The Hall–Kier alpha value is -1.98. The van der Waals surface area contributed by atoms with Crippen LogP contribution >= 0.6 is 11.3 Å². The summed E-state index contributed by atoms with van der Waals surface area (Å²) in [5.41, 5.74) is 0.895. The van der Waals surface area contributed by atoms with Gasteiger partial charge in [0.1, 0.15) is 0 Å². The number of aliphatic hydroxyl groups is 1. The molecule has 126 valence electrons. The number of hydrogen-bond acceptors (Lipinski definition) is 4. The van der Waals surface area contributed by atoms with Crippen molar-refractivity contribution in [1.29, 1.82) is 0 Å². The van der Waals surface area contributed by atoms with Crippen LogP contribution in [0.4, 0.5) is 0 Å². The average Bonchev–Trinajstić information content (AvgIpc) is 3.15. The van der Waals surface area contributed by atoms with Crippen LogP contribution in [0.15, 0.2) is 41.8 Å². The van der Waals surface area contributed by atoms with Gasteiger partial charge >= 0.3 is 0 Å². The molecule has 1 aromatic carbocycles. The number of thiophene rings is 1. The predicted molar refractivity (Wildman–Crippen MR) is 94.5 cm³/mol. The molecule has 5 heteroatoms. The van der Waals surface area contributed by atoms with Gasteiger partial charge in [0, 0.05) is 24.6 Å². The third-order valence-electron chi connectivity index (χ3n) is 4.57. The molecule has 0 saturated carbocycles. The molecule has 2 atom stereocenters. The number of rotatable bonds is 4. The molecule has 1 N–H and O–H groups in total. The third kappa shape index (κ3) is 3.42. The largest absolute Gasteiger partial charge is 0.393 e. The van der Waals surface area contributed by atoms with Crippen LogP contribution in [0.2, 0.25) is 0 Å². The Morgan fingerprint density at radius 2 is 1.96 bits per heavy atom. The van der Waals surface area contributed by atoms with Crippen LogP contribution < -0.4 is 0 Å². The Balaban J connectivity index is 1.87. The standard InChI is InChI=1S/C19H21NO3S/c1-13(21)14-6-4-10-20(12-14)19(23)16-8-3-2-7-15(16)18(22)17-9-5-11-24-17/h2-3,5,7-9,11,13-14,21H,4,6,10,12H2,1H3. The Labute approximate surface area is 145 Å². The van der Waals surface area contributed by atoms with Crippen LogP contribution in [0.25, 0.3) is 0 Å². The van der Waals surface area contributed by atoms with Gasteiger partial charge in [-0.15, -0.1) is 11.3 Å². The van der Waals surface area contributed by atoms with Gasteiger partial charge in [-0.1, -0.05) is 24.3 Å². The van der Waals surface area contributed by atoms with Gasteiger partial charge in [-0.2, -0.15) is 0 Å². The number of piperidine rings is 1. The van der Waals surface area contributed by atoms with E-state index >= 15 is 0 Å². The zero-order valence-electron chi connectivity index (χ0n) is 13.6. The highest BCUT2D eigenvalue weighted by atomic mass is 32.1. The van der Waals surface area contributed by atoms with Crippen molar-refractivity contribution >= 4 is 23.0 Å². The van der Waals surface area contributed by atoms with E-state index in [-0.39, 0.29) is 17.6 Å². The number of aliphatic hydroxyl groups excluding tert-OH is 1. The fraction of sp³-hybridized carbons (Fsp3) is 0.368. The summed E-state index contributed by atoms with van der Waals surface area (Å²) in [4.78, 5) is 28.0. The van der Waals surface area contributed by atoms with Gasteiger partial charge < -0.3 is 10.0 Å². The average molecular weight is 343 g/mol. The summed E-state index contributed by atoms with van der Waals surface area (Å²) < 4.78 is 0. The lowest BCUT2D eigenvalue weighted by Gasteiger charge is -2.34. The van der Waals surface area contributed by atoms with Crippen molar-refractivity contribution in [2.24, 2.45) is 5.92 Å².